The predicted octanol–water partition coefficient (Wildman–Crippen LogP) is 1.84. The van der Waals surface area contributed by atoms with Gasteiger partial charge in [0.1, 0.15) is 11.6 Å². The Hall–Kier alpha value is -2.55. The monoisotopic (exact) mass is 303 g/mol. The SMILES string of the molecule is CCCCn1c(C)cc(/C=C(\C#N)C(=O)OCC(N)=O)c1C. The number of nitriles is 1. The number of rotatable bonds is 7. The molecule has 0 aromatic carbocycles. The van der Waals surface area contributed by atoms with Gasteiger partial charge in [0.05, 0.1) is 0 Å². The van der Waals surface area contributed by atoms with Gasteiger partial charge >= 0.3 is 5.97 Å². The summed E-state index contributed by atoms with van der Waals surface area (Å²) in [6, 6.07) is 3.72. The Morgan fingerprint density at radius 3 is 2.68 bits per heavy atom. The Morgan fingerprint density at radius 2 is 2.14 bits per heavy atom. The van der Waals surface area contributed by atoms with Gasteiger partial charge in [0.2, 0.25) is 0 Å². The van der Waals surface area contributed by atoms with Crippen molar-refractivity contribution in [2.24, 2.45) is 5.73 Å². The third kappa shape index (κ3) is 4.48. The molecule has 1 amide bonds. The number of esters is 1. The summed E-state index contributed by atoms with van der Waals surface area (Å²) in [5, 5.41) is 9.09. The lowest BCUT2D eigenvalue weighted by Crippen LogP contribution is -2.21. The van der Waals surface area contributed by atoms with E-state index in [4.69, 9.17) is 11.0 Å². The number of hydrogen-bond acceptors (Lipinski definition) is 4. The number of nitrogens with two attached hydrogens (primary N) is 1. The second-order valence-electron chi connectivity index (χ2n) is 5.04. The lowest BCUT2D eigenvalue weighted by molar-refractivity contribution is -0.143. The van der Waals surface area contributed by atoms with Gasteiger partial charge in [0.15, 0.2) is 6.61 Å². The average Bonchev–Trinajstić information content (AvgIpc) is 2.74. The molecule has 1 rings (SSSR count). The van der Waals surface area contributed by atoms with Crippen LogP contribution in [-0.2, 0) is 20.9 Å². The highest BCUT2D eigenvalue weighted by Gasteiger charge is 2.14. The molecule has 0 aliphatic carbocycles. The summed E-state index contributed by atoms with van der Waals surface area (Å²) in [4.78, 5) is 22.3. The summed E-state index contributed by atoms with van der Waals surface area (Å²) in [6.07, 6.45) is 3.63. The highest BCUT2D eigenvalue weighted by molar-refractivity contribution is 5.98. The van der Waals surface area contributed by atoms with Gasteiger partial charge < -0.3 is 15.0 Å². The van der Waals surface area contributed by atoms with Gasteiger partial charge in [-0.1, -0.05) is 13.3 Å². The van der Waals surface area contributed by atoms with E-state index in [0.717, 1.165) is 36.3 Å². The number of aryl methyl sites for hydroxylation is 1. The molecule has 0 aliphatic rings. The van der Waals surface area contributed by atoms with Gasteiger partial charge in [-0.3, -0.25) is 4.79 Å². The first-order valence-electron chi connectivity index (χ1n) is 7.14. The molecule has 1 aromatic heterocycles. The van der Waals surface area contributed by atoms with Crippen LogP contribution in [-0.4, -0.2) is 23.1 Å². The quantitative estimate of drug-likeness (QED) is 0.472. The fourth-order valence-corrected chi connectivity index (χ4v) is 2.14. The van der Waals surface area contributed by atoms with E-state index in [-0.39, 0.29) is 5.57 Å². The minimum atomic E-state index is -0.848. The van der Waals surface area contributed by atoms with Crippen LogP contribution in [0.4, 0.5) is 0 Å². The molecule has 6 nitrogen and oxygen atoms in total. The predicted molar refractivity (Wildman–Crippen MR) is 82.6 cm³/mol. The highest BCUT2D eigenvalue weighted by Crippen LogP contribution is 2.19. The number of unbranched alkanes of at least 4 members (excludes halogenated alkanes) is 1. The maximum atomic E-state index is 11.7. The number of aromatic nitrogens is 1. The number of carbonyl (C=O) groups excluding carboxylic acids is 2. The van der Waals surface area contributed by atoms with Crippen LogP contribution in [0.5, 0.6) is 0 Å². The van der Waals surface area contributed by atoms with Crippen LogP contribution < -0.4 is 5.73 Å². The van der Waals surface area contributed by atoms with Crippen LogP contribution in [0.3, 0.4) is 0 Å². The van der Waals surface area contributed by atoms with Crippen LogP contribution in [0.1, 0.15) is 36.7 Å². The van der Waals surface area contributed by atoms with Crippen molar-refractivity contribution in [3.05, 3.63) is 28.6 Å². The number of amides is 1. The Balaban J connectivity index is 3.01. The molecule has 0 unspecified atom stereocenters. The molecule has 0 saturated heterocycles. The standard InChI is InChI=1S/C16H21N3O3/c1-4-5-6-19-11(2)7-13(12(19)3)8-14(9-17)16(21)22-10-15(18)20/h7-8H,4-6,10H2,1-3H3,(H2,18,20)/b14-8+. The molecule has 1 heterocycles. The van der Waals surface area contributed by atoms with Crippen LogP contribution >= 0.6 is 0 Å². The molecule has 0 aliphatic heterocycles. The lowest BCUT2D eigenvalue weighted by Gasteiger charge is -2.08. The van der Waals surface area contributed by atoms with Crippen molar-refractivity contribution >= 4 is 18.0 Å². The van der Waals surface area contributed by atoms with Crippen molar-refractivity contribution in [3.63, 3.8) is 0 Å². The maximum Gasteiger partial charge on any atom is 0.349 e. The summed E-state index contributed by atoms with van der Waals surface area (Å²) in [6.45, 7) is 6.41. The second-order valence-corrected chi connectivity index (χ2v) is 5.04. The minimum absolute atomic E-state index is 0.156. The molecule has 1 aromatic rings. The first-order chi connectivity index (χ1) is 10.4. The molecular weight excluding hydrogens is 282 g/mol. The number of carbonyl (C=O) groups is 2. The molecule has 22 heavy (non-hydrogen) atoms. The summed E-state index contributed by atoms with van der Waals surface area (Å²) >= 11 is 0. The van der Waals surface area contributed by atoms with Crippen molar-refractivity contribution in [2.45, 2.75) is 40.2 Å². The zero-order valence-corrected chi connectivity index (χ0v) is 13.2. The largest absolute Gasteiger partial charge is 0.451 e. The summed E-state index contributed by atoms with van der Waals surface area (Å²) in [5.74, 6) is -1.61. The van der Waals surface area contributed by atoms with Crippen molar-refractivity contribution in [1.29, 1.82) is 5.26 Å². The molecule has 0 bridgehead atoms. The third-order valence-corrected chi connectivity index (χ3v) is 3.33. The van der Waals surface area contributed by atoms with E-state index in [2.05, 4.69) is 16.2 Å². The van der Waals surface area contributed by atoms with E-state index in [9.17, 15) is 9.59 Å². The van der Waals surface area contributed by atoms with Gasteiger partial charge in [0, 0.05) is 17.9 Å². The summed E-state index contributed by atoms with van der Waals surface area (Å²) in [5.41, 5.74) is 7.60. The van der Waals surface area contributed by atoms with Crippen molar-refractivity contribution in [3.8, 4) is 6.07 Å². The van der Waals surface area contributed by atoms with E-state index in [1.54, 1.807) is 6.07 Å². The lowest BCUT2D eigenvalue weighted by atomic mass is 10.1. The highest BCUT2D eigenvalue weighted by atomic mass is 16.5. The first-order valence-corrected chi connectivity index (χ1v) is 7.14. The minimum Gasteiger partial charge on any atom is -0.451 e. The zero-order chi connectivity index (χ0) is 16.7. The molecule has 2 N–H and O–H groups in total. The van der Waals surface area contributed by atoms with E-state index in [1.165, 1.54) is 6.08 Å². The third-order valence-electron chi connectivity index (χ3n) is 3.33. The number of hydrogen-bond donors (Lipinski definition) is 1. The van der Waals surface area contributed by atoms with Gasteiger partial charge in [-0.25, -0.2) is 4.79 Å². The zero-order valence-electron chi connectivity index (χ0n) is 13.2. The molecule has 118 valence electrons. The van der Waals surface area contributed by atoms with Gasteiger partial charge in [0.25, 0.3) is 5.91 Å². The van der Waals surface area contributed by atoms with Gasteiger partial charge in [-0.05, 0) is 38.0 Å². The molecule has 0 fully saturated rings. The van der Waals surface area contributed by atoms with Crippen LogP contribution in [0.25, 0.3) is 6.08 Å². The van der Waals surface area contributed by atoms with E-state index in [0.29, 0.717) is 0 Å². The van der Waals surface area contributed by atoms with E-state index in [1.807, 2.05) is 19.9 Å². The number of primary amides is 1. The fraction of sp³-hybridized carbons (Fsp3) is 0.438. The van der Waals surface area contributed by atoms with Crippen molar-refractivity contribution in [1.82, 2.24) is 4.57 Å². The molecule has 0 atom stereocenters. The van der Waals surface area contributed by atoms with Crippen LogP contribution in [0, 0.1) is 25.2 Å². The van der Waals surface area contributed by atoms with Crippen LogP contribution in [0.2, 0.25) is 0 Å². The van der Waals surface area contributed by atoms with E-state index < -0.39 is 18.5 Å². The van der Waals surface area contributed by atoms with E-state index >= 15 is 0 Å². The van der Waals surface area contributed by atoms with Crippen LogP contribution in [0.15, 0.2) is 11.6 Å². The van der Waals surface area contributed by atoms with Gasteiger partial charge in [-0.2, -0.15) is 5.26 Å². The Labute approximate surface area is 130 Å². The first kappa shape index (κ1) is 17.5. The Bertz CT molecular complexity index is 636. The summed E-state index contributed by atoms with van der Waals surface area (Å²) < 4.78 is 6.81. The van der Waals surface area contributed by atoms with Gasteiger partial charge in [-0.15, -0.1) is 0 Å². The molecular formula is C16H21N3O3. The topological polar surface area (TPSA) is 98.1 Å². The Kier molecular flexibility index (Phi) is 6.39. The number of nitrogens with zero attached hydrogens (tertiary/aromatic N) is 2. The average molecular weight is 303 g/mol. The molecule has 0 saturated carbocycles. The van der Waals surface area contributed by atoms with Crippen molar-refractivity contribution in [2.75, 3.05) is 6.61 Å². The fourth-order valence-electron chi connectivity index (χ4n) is 2.14. The Morgan fingerprint density at radius 1 is 1.45 bits per heavy atom. The normalized spacial score (nSPS) is 11.1. The molecule has 0 spiro atoms. The second kappa shape index (κ2) is 8.03. The molecule has 6 heteroatoms. The van der Waals surface area contributed by atoms with Crippen molar-refractivity contribution < 1.29 is 14.3 Å². The summed E-state index contributed by atoms with van der Waals surface area (Å²) in [7, 11) is 0. The molecule has 0 radical (unpaired) electrons. The number of ether oxygens (including phenoxy) is 1. The smallest absolute Gasteiger partial charge is 0.349 e. The maximum absolute atomic E-state index is 11.7.